The molecule has 2 aromatic heterocycles. The maximum Gasteiger partial charge on any atom is 0.251 e. The summed E-state index contributed by atoms with van der Waals surface area (Å²) in [6, 6.07) is 3.99. The average Bonchev–Trinajstić information content (AvgIpc) is 3.06. The van der Waals surface area contributed by atoms with Gasteiger partial charge in [-0.2, -0.15) is 4.31 Å². The molecule has 9 nitrogen and oxygen atoms in total. The Hall–Kier alpha value is -2.46. The summed E-state index contributed by atoms with van der Waals surface area (Å²) in [4.78, 5) is 24.3. The maximum atomic E-state index is 12.6. The van der Waals surface area contributed by atoms with Crippen LogP contribution in [0.25, 0.3) is 0 Å². The van der Waals surface area contributed by atoms with Gasteiger partial charge in [-0.1, -0.05) is 39.8 Å². The number of hydrogen-bond donors (Lipinski definition) is 1. The number of nitrogens with zero attached hydrogens (tertiary/aromatic N) is 3. The molecule has 10 heteroatoms. The molecule has 0 aliphatic heterocycles. The quantitative estimate of drug-likeness (QED) is 0.744. The molecule has 0 radical (unpaired) electrons. The first-order chi connectivity index (χ1) is 13.0. The van der Waals surface area contributed by atoms with Crippen LogP contribution in [0.5, 0.6) is 0 Å². The Balaban J connectivity index is 2.21. The Kier molecular flexibility index (Phi) is 6.45. The molecule has 2 rings (SSSR count). The molecule has 2 aromatic rings. The Bertz CT molecular complexity index is 997. The van der Waals surface area contributed by atoms with Gasteiger partial charge in [-0.25, -0.2) is 8.42 Å². The molecule has 0 atom stereocenters. The van der Waals surface area contributed by atoms with Gasteiger partial charge < -0.3 is 9.09 Å². The smallest absolute Gasteiger partial charge is 0.251 e. The number of amides is 1. The van der Waals surface area contributed by atoms with Gasteiger partial charge in [-0.15, -0.1) is 0 Å². The van der Waals surface area contributed by atoms with Crippen molar-refractivity contribution in [1.82, 2.24) is 14.0 Å². The fraction of sp³-hybridized carbons (Fsp3) is 0.500. The second-order valence-electron chi connectivity index (χ2n) is 7.29. The van der Waals surface area contributed by atoms with Crippen molar-refractivity contribution in [3.63, 3.8) is 0 Å². The lowest BCUT2D eigenvalue weighted by Gasteiger charge is -2.18. The van der Waals surface area contributed by atoms with Crippen molar-refractivity contribution < 1.29 is 17.7 Å². The molecular weight excluding hydrogens is 384 g/mol. The summed E-state index contributed by atoms with van der Waals surface area (Å²) in [5.41, 5.74) is -0.0508. The Morgan fingerprint density at radius 2 is 1.89 bits per heavy atom. The highest BCUT2D eigenvalue weighted by molar-refractivity contribution is 7.89. The number of hydrogen-bond acceptors (Lipinski definition) is 6. The van der Waals surface area contributed by atoms with Crippen LogP contribution in [0.1, 0.15) is 40.3 Å². The van der Waals surface area contributed by atoms with E-state index in [1.54, 1.807) is 19.9 Å². The van der Waals surface area contributed by atoms with Crippen LogP contribution < -0.4 is 10.9 Å². The first kappa shape index (κ1) is 21.8. The molecule has 2 heterocycles. The van der Waals surface area contributed by atoms with Crippen LogP contribution in [0.2, 0.25) is 0 Å². The van der Waals surface area contributed by atoms with Gasteiger partial charge in [0, 0.05) is 36.8 Å². The van der Waals surface area contributed by atoms with Gasteiger partial charge in [0.05, 0.1) is 10.6 Å². The van der Waals surface area contributed by atoms with Crippen LogP contribution in [0.15, 0.2) is 38.6 Å². The molecule has 0 aliphatic rings. The zero-order chi connectivity index (χ0) is 21.1. The van der Waals surface area contributed by atoms with Crippen molar-refractivity contribution in [3.8, 4) is 0 Å². The zero-order valence-electron chi connectivity index (χ0n) is 16.7. The molecule has 0 spiro atoms. The van der Waals surface area contributed by atoms with Gasteiger partial charge in [0.2, 0.25) is 21.8 Å². The molecule has 0 unspecified atom stereocenters. The molecule has 1 N–H and O–H groups in total. The summed E-state index contributed by atoms with van der Waals surface area (Å²) in [5.74, 6) is -0.369. The minimum absolute atomic E-state index is 0.0433. The number of anilines is 1. The highest BCUT2D eigenvalue weighted by atomic mass is 32.2. The normalized spacial score (nSPS) is 12.4. The SMILES string of the molecule is CCN(CC)S(=O)(=O)c1ccc(=O)n(CC(=O)Nc2cc(C(C)(C)C)no2)c1. The maximum absolute atomic E-state index is 12.6. The van der Waals surface area contributed by atoms with E-state index < -0.39 is 21.5 Å². The van der Waals surface area contributed by atoms with E-state index in [2.05, 4.69) is 10.5 Å². The van der Waals surface area contributed by atoms with Crippen molar-refractivity contribution in [3.05, 3.63) is 40.4 Å². The molecule has 0 aromatic carbocycles. The minimum atomic E-state index is -3.73. The van der Waals surface area contributed by atoms with Crippen molar-refractivity contribution in [2.45, 2.75) is 51.5 Å². The average molecular weight is 410 g/mol. The number of carbonyl (C=O) groups excluding carboxylic acids is 1. The number of sulfonamides is 1. The summed E-state index contributed by atoms with van der Waals surface area (Å²) < 4.78 is 32.7. The molecule has 154 valence electrons. The number of aromatic nitrogens is 2. The van der Waals surface area contributed by atoms with E-state index >= 15 is 0 Å². The number of nitrogens with one attached hydrogen (secondary N) is 1. The molecule has 0 bridgehead atoms. The van der Waals surface area contributed by atoms with E-state index in [-0.39, 0.29) is 22.7 Å². The fourth-order valence-electron chi connectivity index (χ4n) is 2.52. The zero-order valence-corrected chi connectivity index (χ0v) is 17.5. The van der Waals surface area contributed by atoms with Gasteiger partial charge in [0.1, 0.15) is 6.54 Å². The lowest BCUT2D eigenvalue weighted by molar-refractivity contribution is -0.116. The van der Waals surface area contributed by atoms with Crippen molar-refractivity contribution >= 4 is 21.8 Å². The number of carbonyl (C=O) groups is 1. The Morgan fingerprint density at radius 1 is 1.25 bits per heavy atom. The number of pyridine rings is 1. The predicted octanol–water partition coefficient (Wildman–Crippen LogP) is 1.80. The van der Waals surface area contributed by atoms with E-state index in [4.69, 9.17) is 4.52 Å². The highest BCUT2D eigenvalue weighted by Crippen LogP contribution is 2.23. The summed E-state index contributed by atoms with van der Waals surface area (Å²) >= 11 is 0. The lowest BCUT2D eigenvalue weighted by Crippen LogP contribution is -2.33. The van der Waals surface area contributed by atoms with Gasteiger partial charge in [0.15, 0.2) is 0 Å². The second kappa shape index (κ2) is 8.27. The van der Waals surface area contributed by atoms with Crippen LogP contribution in [0, 0.1) is 0 Å². The standard InChI is InChI=1S/C18H26N4O5S/c1-6-22(7-2)28(25,26)13-8-9-17(24)21(11-13)12-15(23)19-16-10-14(20-27-16)18(3,4)5/h8-11H,6-7,12H2,1-5H3,(H,19,23). The van der Waals surface area contributed by atoms with Crippen LogP contribution in [-0.4, -0.2) is 41.4 Å². The van der Waals surface area contributed by atoms with E-state index in [1.165, 1.54) is 16.6 Å². The molecule has 0 saturated heterocycles. The molecule has 1 amide bonds. The monoisotopic (exact) mass is 410 g/mol. The predicted molar refractivity (Wildman–Crippen MR) is 105 cm³/mol. The third-order valence-corrected chi connectivity index (χ3v) is 6.19. The summed E-state index contributed by atoms with van der Waals surface area (Å²) in [5, 5.41) is 6.43. The largest absolute Gasteiger partial charge is 0.338 e. The first-order valence-corrected chi connectivity index (χ1v) is 10.4. The lowest BCUT2D eigenvalue weighted by atomic mass is 9.92. The second-order valence-corrected chi connectivity index (χ2v) is 9.23. The van der Waals surface area contributed by atoms with Crippen LogP contribution in [-0.2, 0) is 26.8 Å². The molecule has 0 aliphatic carbocycles. The van der Waals surface area contributed by atoms with E-state index in [0.717, 1.165) is 10.6 Å². The van der Waals surface area contributed by atoms with Gasteiger partial charge in [0.25, 0.3) is 5.56 Å². The van der Waals surface area contributed by atoms with E-state index in [9.17, 15) is 18.0 Å². The van der Waals surface area contributed by atoms with Crippen molar-refractivity contribution in [1.29, 1.82) is 0 Å². The van der Waals surface area contributed by atoms with Crippen molar-refractivity contribution in [2.75, 3.05) is 18.4 Å². The third-order valence-electron chi connectivity index (χ3n) is 4.15. The Morgan fingerprint density at radius 3 is 2.43 bits per heavy atom. The van der Waals surface area contributed by atoms with Crippen LogP contribution in [0.4, 0.5) is 5.88 Å². The van der Waals surface area contributed by atoms with Crippen LogP contribution >= 0.6 is 0 Å². The van der Waals surface area contributed by atoms with Crippen LogP contribution in [0.3, 0.4) is 0 Å². The summed E-state index contributed by atoms with van der Waals surface area (Å²) in [7, 11) is -3.73. The van der Waals surface area contributed by atoms with Gasteiger partial charge >= 0.3 is 0 Å². The van der Waals surface area contributed by atoms with Gasteiger partial charge in [-0.05, 0) is 6.07 Å². The topological polar surface area (TPSA) is 115 Å². The number of rotatable bonds is 7. The molecule has 0 fully saturated rings. The fourth-order valence-corrected chi connectivity index (χ4v) is 4.00. The Labute approximate surface area is 164 Å². The first-order valence-electron chi connectivity index (χ1n) is 8.96. The molecular formula is C18H26N4O5S. The summed E-state index contributed by atoms with van der Waals surface area (Å²) in [6.45, 7) is 9.58. The van der Waals surface area contributed by atoms with E-state index in [0.29, 0.717) is 18.8 Å². The minimum Gasteiger partial charge on any atom is -0.338 e. The van der Waals surface area contributed by atoms with Crippen molar-refractivity contribution in [2.24, 2.45) is 0 Å². The molecule has 0 saturated carbocycles. The molecule has 28 heavy (non-hydrogen) atoms. The third kappa shape index (κ3) is 4.87. The van der Waals surface area contributed by atoms with Gasteiger partial charge in [-0.3, -0.25) is 14.9 Å². The highest BCUT2D eigenvalue weighted by Gasteiger charge is 2.23. The summed E-state index contributed by atoms with van der Waals surface area (Å²) in [6.07, 6.45) is 1.18. The van der Waals surface area contributed by atoms with E-state index in [1.807, 2.05) is 20.8 Å².